The minimum Gasteiger partial charge on any atom is -0.480 e. The number of rotatable bonds is 4. The number of aliphatic carboxylic acids is 1. The van der Waals surface area contributed by atoms with Crippen LogP contribution in [0, 0.1) is 5.82 Å². The topological polar surface area (TPSA) is 57.6 Å². The van der Waals surface area contributed by atoms with Gasteiger partial charge in [-0.15, -0.1) is 11.8 Å². The Balaban J connectivity index is 2.02. The van der Waals surface area contributed by atoms with Gasteiger partial charge in [-0.1, -0.05) is 12.1 Å². The van der Waals surface area contributed by atoms with E-state index in [1.165, 1.54) is 11.0 Å². The van der Waals surface area contributed by atoms with Gasteiger partial charge in [0.1, 0.15) is 11.4 Å². The Labute approximate surface area is 121 Å². The minimum atomic E-state index is -1.13. The van der Waals surface area contributed by atoms with Gasteiger partial charge in [-0.3, -0.25) is 4.79 Å². The van der Waals surface area contributed by atoms with Crippen molar-refractivity contribution in [1.82, 2.24) is 4.90 Å². The summed E-state index contributed by atoms with van der Waals surface area (Å²) in [5.74, 6) is -1.57. The molecule has 1 aliphatic rings. The highest BCUT2D eigenvalue weighted by Crippen LogP contribution is 2.31. The third-order valence-corrected chi connectivity index (χ3v) is 4.62. The van der Waals surface area contributed by atoms with E-state index in [1.54, 1.807) is 25.1 Å². The van der Waals surface area contributed by atoms with Gasteiger partial charge in [0.05, 0.1) is 5.75 Å². The molecule has 2 rings (SSSR count). The lowest BCUT2D eigenvalue weighted by Crippen LogP contribution is -2.51. The number of likely N-dealkylation sites (tertiary alicyclic amines) is 1. The molecule has 1 aromatic rings. The molecule has 0 radical (unpaired) electrons. The summed E-state index contributed by atoms with van der Waals surface area (Å²) in [7, 11) is 0. The van der Waals surface area contributed by atoms with Crippen molar-refractivity contribution in [2.24, 2.45) is 0 Å². The standard InChI is InChI=1S/C14H16FNO3S/c1-14(13(18)19)7-4-8-16(14)12(17)9-20-11-6-3-2-5-10(11)15/h2-3,5-6H,4,7-9H2,1H3,(H,18,19). The molecule has 0 spiro atoms. The van der Waals surface area contributed by atoms with Crippen molar-refractivity contribution in [3.05, 3.63) is 30.1 Å². The Morgan fingerprint density at radius 2 is 2.15 bits per heavy atom. The molecule has 1 aliphatic heterocycles. The van der Waals surface area contributed by atoms with Crippen LogP contribution in [0.3, 0.4) is 0 Å². The van der Waals surface area contributed by atoms with Gasteiger partial charge in [0.2, 0.25) is 5.91 Å². The Bertz CT molecular complexity index is 537. The van der Waals surface area contributed by atoms with Gasteiger partial charge in [-0.2, -0.15) is 0 Å². The molecular weight excluding hydrogens is 281 g/mol. The molecule has 1 saturated heterocycles. The molecule has 1 atom stereocenters. The summed E-state index contributed by atoms with van der Waals surface area (Å²) in [5.41, 5.74) is -1.13. The summed E-state index contributed by atoms with van der Waals surface area (Å²) in [6.45, 7) is 2.01. The van der Waals surface area contributed by atoms with E-state index >= 15 is 0 Å². The Kier molecular flexibility index (Phi) is 4.32. The van der Waals surface area contributed by atoms with E-state index in [9.17, 15) is 19.1 Å². The summed E-state index contributed by atoms with van der Waals surface area (Å²) < 4.78 is 13.5. The van der Waals surface area contributed by atoms with Crippen LogP contribution in [0.15, 0.2) is 29.2 Å². The minimum absolute atomic E-state index is 0.0454. The highest BCUT2D eigenvalue weighted by molar-refractivity contribution is 8.00. The largest absolute Gasteiger partial charge is 0.480 e. The lowest BCUT2D eigenvalue weighted by molar-refractivity contribution is -0.154. The van der Waals surface area contributed by atoms with E-state index in [1.807, 2.05) is 0 Å². The van der Waals surface area contributed by atoms with Crippen molar-refractivity contribution in [3.63, 3.8) is 0 Å². The third kappa shape index (κ3) is 2.80. The fourth-order valence-electron chi connectivity index (χ4n) is 2.36. The summed E-state index contributed by atoms with van der Waals surface area (Å²) >= 11 is 1.10. The maximum absolute atomic E-state index is 13.5. The highest BCUT2D eigenvalue weighted by Gasteiger charge is 2.45. The number of thioether (sulfide) groups is 1. The smallest absolute Gasteiger partial charge is 0.329 e. The summed E-state index contributed by atoms with van der Waals surface area (Å²) in [4.78, 5) is 25.3. The van der Waals surface area contributed by atoms with Crippen LogP contribution in [-0.4, -0.2) is 39.7 Å². The van der Waals surface area contributed by atoms with Gasteiger partial charge in [0.25, 0.3) is 0 Å². The Morgan fingerprint density at radius 3 is 2.80 bits per heavy atom. The zero-order valence-electron chi connectivity index (χ0n) is 11.1. The van der Waals surface area contributed by atoms with Crippen LogP contribution in [0.2, 0.25) is 0 Å². The number of hydrogen-bond donors (Lipinski definition) is 1. The number of amides is 1. The second-order valence-corrected chi connectivity index (χ2v) is 5.96. The van der Waals surface area contributed by atoms with Crippen LogP contribution < -0.4 is 0 Å². The molecule has 1 unspecified atom stereocenters. The van der Waals surface area contributed by atoms with Crippen LogP contribution in [0.4, 0.5) is 4.39 Å². The Hall–Kier alpha value is -1.56. The fraction of sp³-hybridized carbons (Fsp3) is 0.429. The monoisotopic (exact) mass is 297 g/mol. The van der Waals surface area contributed by atoms with Crippen molar-refractivity contribution < 1.29 is 19.1 Å². The first-order valence-electron chi connectivity index (χ1n) is 6.36. The number of carbonyl (C=O) groups excluding carboxylic acids is 1. The number of benzene rings is 1. The predicted molar refractivity (Wildman–Crippen MR) is 74.1 cm³/mol. The van der Waals surface area contributed by atoms with Crippen LogP contribution in [0.5, 0.6) is 0 Å². The summed E-state index contributed by atoms with van der Waals surface area (Å²) in [5, 5.41) is 9.26. The number of carboxylic acid groups (broad SMARTS) is 1. The number of halogens is 1. The molecule has 1 amide bonds. The molecule has 0 saturated carbocycles. The second-order valence-electron chi connectivity index (χ2n) is 4.95. The first kappa shape index (κ1) is 14.8. The number of nitrogens with zero attached hydrogens (tertiary/aromatic N) is 1. The SMILES string of the molecule is CC1(C(=O)O)CCCN1C(=O)CSc1ccccc1F. The molecule has 0 aromatic heterocycles. The van der Waals surface area contributed by atoms with Crippen LogP contribution >= 0.6 is 11.8 Å². The normalized spacial score (nSPS) is 22.0. The van der Waals surface area contributed by atoms with E-state index in [0.29, 0.717) is 24.3 Å². The van der Waals surface area contributed by atoms with Crippen molar-refractivity contribution in [2.45, 2.75) is 30.2 Å². The average Bonchev–Trinajstić information content (AvgIpc) is 2.81. The molecule has 0 bridgehead atoms. The van der Waals surface area contributed by atoms with Crippen LogP contribution in [0.1, 0.15) is 19.8 Å². The molecule has 1 N–H and O–H groups in total. The third-order valence-electron chi connectivity index (χ3n) is 3.59. The number of carbonyl (C=O) groups is 2. The fourth-order valence-corrected chi connectivity index (χ4v) is 3.18. The first-order valence-corrected chi connectivity index (χ1v) is 7.35. The van der Waals surface area contributed by atoms with Crippen molar-refractivity contribution in [1.29, 1.82) is 0 Å². The average molecular weight is 297 g/mol. The molecule has 108 valence electrons. The lowest BCUT2D eigenvalue weighted by Gasteiger charge is -2.31. The first-order chi connectivity index (χ1) is 9.45. The van der Waals surface area contributed by atoms with E-state index in [4.69, 9.17) is 0 Å². The molecule has 1 aromatic carbocycles. The van der Waals surface area contributed by atoms with E-state index in [-0.39, 0.29) is 17.5 Å². The number of carboxylic acids is 1. The zero-order chi connectivity index (χ0) is 14.8. The molecule has 0 aliphatic carbocycles. The van der Waals surface area contributed by atoms with Crippen LogP contribution in [0.25, 0.3) is 0 Å². The molecule has 4 nitrogen and oxygen atoms in total. The van der Waals surface area contributed by atoms with E-state index in [0.717, 1.165) is 11.8 Å². The van der Waals surface area contributed by atoms with Crippen LogP contribution in [-0.2, 0) is 9.59 Å². The molecule has 1 fully saturated rings. The Morgan fingerprint density at radius 1 is 1.45 bits per heavy atom. The summed E-state index contributed by atoms with van der Waals surface area (Å²) in [6.07, 6.45) is 1.14. The van der Waals surface area contributed by atoms with E-state index in [2.05, 4.69) is 0 Å². The second kappa shape index (κ2) is 5.83. The molecule has 6 heteroatoms. The van der Waals surface area contributed by atoms with Gasteiger partial charge < -0.3 is 10.0 Å². The van der Waals surface area contributed by atoms with Crippen molar-refractivity contribution in [3.8, 4) is 0 Å². The van der Waals surface area contributed by atoms with Gasteiger partial charge >= 0.3 is 5.97 Å². The quantitative estimate of drug-likeness (QED) is 0.867. The van der Waals surface area contributed by atoms with Gasteiger partial charge in [-0.05, 0) is 31.9 Å². The lowest BCUT2D eigenvalue weighted by atomic mass is 9.99. The highest BCUT2D eigenvalue weighted by atomic mass is 32.2. The van der Waals surface area contributed by atoms with Crippen molar-refractivity contribution >= 4 is 23.6 Å². The summed E-state index contributed by atoms with van der Waals surface area (Å²) in [6, 6.07) is 6.23. The molecule has 1 heterocycles. The molecular formula is C14H16FNO3S. The maximum Gasteiger partial charge on any atom is 0.329 e. The zero-order valence-corrected chi connectivity index (χ0v) is 12.0. The van der Waals surface area contributed by atoms with Crippen molar-refractivity contribution in [2.75, 3.05) is 12.3 Å². The predicted octanol–water partition coefficient (Wildman–Crippen LogP) is 2.38. The molecule has 20 heavy (non-hydrogen) atoms. The van der Waals surface area contributed by atoms with Gasteiger partial charge in [0, 0.05) is 11.4 Å². The van der Waals surface area contributed by atoms with E-state index < -0.39 is 11.5 Å². The van der Waals surface area contributed by atoms with Gasteiger partial charge in [-0.25, -0.2) is 9.18 Å². The van der Waals surface area contributed by atoms with Gasteiger partial charge in [0.15, 0.2) is 0 Å². The maximum atomic E-state index is 13.5. The number of hydrogen-bond acceptors (Lipinski definition) is 3.